The molecule has 2 N–H and O–H groups in total. The summed E-state index contributed by atoms with van der Waals surface area (Å²) < 4.78 is 102. The van der Waals surface area contributed by atoms with E-state index in [0.29, 0.717) is 28.7 Å². The van der Waals surface area contributed by atoms with E-state index in [1.165, 1.54) is 31.3 Å². The standard InChI is InChI=1S/C27H18F7N5O2S/c1-10-3-4-11(28)5-13(10)21-19-16(35-24-14-6-12(29)7-15(27(32,33)34)23(14)42-37-24)8-17-22(20(19)25(40)36-21)38(2)26(41)39(17)9-18(30)31/h3-8,18,21H,9H2,1-2H3,(H,35,37)(H,36,40). The number of imidazole rings is 1. The number of alkyl halides is 5. The summed E-state index contributed by atoms with van der Waals surface area (Å²) in [5.41, 5.74) is -1.04. The first-order chi connectivity index (χ1) is 19.8. The van der Waals surface area contributed by atoms with E-state index in [-0.39, 0.29) is 43.8 Å². The molecule has 0 aliphatic carbocycles. The summed E-state index contributed by atoms with van der Waals surface area (Å²) in [4.78, 5) is 26.4. The van der Waals surface area contributed by atoms with Gasteiger partial charge in [-0.2, -0.15) is 17.5 Å². The number of fused-ring (bicyclic) bond motifs is 4. The van der Waals surface area contributed by atoms with Gasteiger partial charge in [0.2, 0.25) is 0 Å². The molecule has 3 heterocycles. The molecule has 15 heteroatoms. The van der Waals surface area contributed by atoms with Gasteiger partial charge in [0.25, 0.3) is 12.3 Å². The molecule has 0 fully saturated rings. The second kappa shape index (κ2) is 9.58. The van der Waals surface area contributed by atoms with Gasteiger partial charge in [-0.1, -0.05) is 6.07 Å². The highest BCUT2D eigenvalue weighted by molar-refractivity contribution is 7.14. The van der Waals surface area contributed by atoms with Crippen molar-refractivity contribution < 1.29 is 35.5 Å². The lowest BCUT2D eigenvalue weighted by Gasteiger charge is -2.19. The zero-order valence-corrected chi connectivity index (χ0v) is 22.4. The fourth-order valence-electron chi connectivity index (χ4n) is 5.41. The van der Waals surface area contributed by atoms with Gasteiger partial charge < -0.3 is 10.6 Å². The lowest BCUT2D eigenvalue weighted by molar-refractivity contribution is -0.136. The predicted octanol–water partition coefficient (Wildman–Crippen LogP) is 6.40. The molecule has 218 valence electrons. The van der Waals surface area contributed by atoms with Crippen molar-refractivity contribution in [3.63, 3.8) is 0 Å². The monoisotopic (exact) mass is 609 g/mol. The van der Waals surface area contributed by atoms with Crippen LogP contribution < -0.4 is 16.3 Å². The van der Waals surface area contributed by atoms with Crippen LogP contribution in [0.25, 0.3) is 21.1 Å². The Balaban J connectivity index is 1.65. The van der Waals surface area contributed by atoms with Crippen molar-refractivity contribution in [2.75, 3.05) is 5.32 Å². The Morgan fingerprint density at radius 3 is 2.52 bits per heavy atom. The van der Waals surface area contributed by atoms with Gasteiger partial charge >= 0.3 is 11.9 Å². The molecule has 1 unspecified atom stereocenters. The number of hydrogen-bond acceptors (Lipinski definition) is 5. The highest BCUT2D eigenvalue weighted by Crippen LogP contribution is 2.45. The third kappa shape index (κ3) is 4.30. The van der Waals surface area contributed by atoms with Gasteiger partial charge in [-0.3, -0.25) is 13.9 Å². The Bertz CT molecular complexity index is 1990. The first-order valence-corrected chi connectivity index (χ1v) is 13.1. The summed E-state index contributed by atoms with van der Waals surface area (Å²) in [7, 11) is 1.31. The number of aryl methyl sites for hydroxylation is 2. The lowest BCUT2D eigenvalue weighted by Crippen LogP contribution is -2.25. The van der Waals surface area contributed by atoms with Gasteiger partial charge in [-0.25, -0.2) is 22.4 Å². The summed E-state index contributed by atoms with van der Waals surface area (Å²) in [5.74, 6) is -2.66. The van der Waals surface area contributed by atoms with Gasteiger partial charge in [0.1, 0.15) is 11.6 Å². The number of anilines is 2. The Morgan fingerprint density at radius 2 is 1.83 bits per heavy atom. The Kier molecular flexibility index (Phi) is 6.33. The minimum absolute atomic E-state index is 0.0168. The van der Waals surface area contributed by atoms with E-state index < -0.39 is 54.0 Å². The molecule has 1 aliphatic rings. The van der Waals surface area contributed by atoms with Gasteiger partial charge in [-0.15, -0.1) is 0 Å². The van der Waals surface area contributed by atoms with Crippen molar-refractivity contribution in [3.8, 4) is 0 Å². The average Bonchev–Trinajstić information content (AvgIpc) is 3.53. The minimum atomic E-state index is -4.88. The van der Waals surface area contributed by atoms with Crippen LogP contribution in [0, 0.1) is 18.6 Å². The maximum atomic E-state index is 14.3. The first-order valence-electron chi connectivity index (χ1n) is 12.3. The van der Waals surface area contributed by atoms with E-state index in [1.807, 2.05) is 0 Å². The number of amides is 1. The highest BCUT2D eigenvalue weighted by atomic mass is 32.1. The molecule has 0 saturated heterocycles. The first kappa shape index (κ1) is 27.8. The fourth-order valence-corrected chi connectivity index (χ4v) is 6.27. The van der Waals surface area contributed by atoms with Crippen molar-refractivity contribution in [2.45, 2.75) is 32.1 Å². The number of carbonyl (C=O) groups excluding carboxylic acids is 1. The summed E-state index contributed by atoms with van der Waals surface area (Å²) in [5, 5.41) is 5.39. The molecule has 0 saturated carbocycles. The smallest absolute Gasteiger partial charge is 0.341 e. The quantitative estimate of drug-likeness (QED) is 0.226. The van der Waals surface area contributed by atoms with Crippen LogP contribution in [0.15, 0.2) is 41.2 Å². The predicted molar refractivity (Wildman–Crippen MR) is 141 cm³/mol. The van der Waals surface area contributed by atoms with Crippen molar-refractivity contribution in [2.24, 2.45) is 7.05 Å². The number of rotatable bonds is 5. The average molecular weight is 610 g/mol. The Hall–Kier alpha value is -4.40. The van der Waals surface area contributed by atoms with Crippen LogP contribution >= 0.6 is 11.5 Å². The third-order valence-corrected chi connectivity index (χ3v) is 8.12. The number of aromatic nitrogens is 3. The van der Waals surface area contributed by atoms with E-state index in [1.54, 1.807) is 6.92 Å². The van der Waals surface area contributed by atoms with E-state index in [9.17, 15) is 40.3 Å². The Morgan fingerprint density at radius 1 is 1.10 bits per heavy atom. The molecule has 0 radical (unpaired) electrons. The molecular weight excluding hydrogens is 591 g/mol. The third-order valence-electron chi connectivity index (χ3n) is 7.22. The van der Waals surface area contributed by atoms with Crippen molar-refractivity contribution in [1.82, 2.24) is 18.8 Å². The molecular formula is C27H18F7N5O2S. The van der Waals surface area contributed by atoms with Gasteiger partial charge in [-0.05, 0) is 59.9 Å². The summed E-state index contributed by atoms with van der Waals surface area (Å²) in [6.07, 6.45) is -7.81. The van der Waals surface area contributed by atoms with Crippen LogP contribution in [0.3, 0.4) is 0 Å². The van der Waals surface area contributed by atoms with E-state index >= 15 is 0 Å². The lowest BCUT2D eigenvalue weighted by atomic mass is 9.92. The summed E-state index contributed by atoms with van der Waals surface area (Å²) in [6.45, 7) is 0.678. The molecule has 1 atom stereocenters. The molecule has 6 rings (SSSR count). The zero-order chi connectivity index (χ0) is 30.2. The molecule has 5 aromatic rings. The molecule has 1 aliphatic heterocycles. The number of carbonyl (C=O) groups is 1. The van der Waals surface area contributed by atoms with E-state index in [2.05, 4.69) is 15.0 Å². The Labute approximate surface area is 235 Å². The maximum absolute atomic E-state index is 14.3. The largest absolute Gasteiger partial charge is 0.417 e. The number of hydrogen-bond donors (Lipinski definition) is 2. The molecule has 2 aromatic heterocycles. The van der Waals surface area contributed by atoms with Crippen molar-refractivity contribution in [1.29, 1.82) is 0 Å². The number of nitrogens with one attached hydrogen (secondary N) is 2. The number of benzene rings is 3. The SMILES string of the molecule is Cc1ccc(F)cc1C1NC(=O)c2c1c(Nc1nsc3c(C(F)(F)F)cc(F)cc13)cc1c2n(C)c(=O)n1CC(F)F. The van der Waals surface area contributed by atoms with Crippen LogP contribution in [-0.4, -0.2) is 25.8 Å². The van der Waals surface area contributed by atoms with Gasteiger partial charge in [0, 0.05) is 23.7 Å². The van der Waals surface area contributed by atoms with Crippen LogP contribution in [0.5, 0.6) is 0 Å². The van der Waals surface area contributed by atoms with Crippen molar-refractivity contribution in [3.05, 3.63) is 86.3 Å². The van der Waals surface area contributed by atoms with E-state index in [0.717, 1.165) is 15.2 Å². The van der Waals surface area contributed by atoms with E-state index in [4.69, 9.17) is 0 Å². The maximum Gasteiger partial charge on any atom is 0.417 e. The van der Waals surface area contributed by atoms with Crippen LogP contribution in [0.2, 0.25) is 0 Å². The molecule has 3 aromatic carbocycles. The summed E-state index contributed by atoms with van der Waals surface area (Å²) in [6, 6.07) is 5.43. The molecule has 0 spiro atoms. The zero-order valence-electron chi connectivity index (χ0n) is 21.5. The molecule has 7 nitrogen and oxygen atoms in total. The normalized spacial score (nSPS) is 15.2. The minimum Gasteiger partial charge on any atom is -0.341 e. The second-order valence-corrected chi connectivity index (χ2v) is 10.6. The summed E-state index contributed by atoms with van der Waals surface area (Å²) >= 11 is 0.463. The van der Waals surface area contributed by atoms with Crippen LogP contribution in [0.1, 0.15) is 38.7 Å². The van der Waals surface area contributed by atoms with Crippen LogP contribution in [-0.2, 0) is 19.8 Å². The van der Waals surface area contributed by atoms with Crippen LogP contribution in [0.4, 0.5) is 42.2 Å². The molecule has 42 heavy (non-hydrogen) atoms. The topological polar surface area (TPSA) is 81.0 Å². The number of halogens is 7. The van der Waals surface area contributed by atoms with Gasteiger partial charge in [0.15, 0.2) is 5.82 Å². The number of nitrogens with zero attached hydrogens (tertiary/aromatic N) is 3. The molecule has 0 bridgehead atoms. The van der Waals surface area contributed by atoms with Gasteiger partial charge in [0.05, 0.1) is 39.4 Å². The molecule has 1 amide bonds. The van der Waals surface area contributed by atoms with Crippen molar-refractivity contribution >= 4 is 50.1 Å². The fraction of sp³-hybridized carbons (Fsp3) is 0.222. The highest BCUT2D eigenvalue weighted by Gasteiger charge is 2.38. The second-order valence-electron chi connectivity index (χ2n) is 9.82.